The van der Waals surface area contributed by atoms with E-state index in [9.17, 15) is 4.79 Å². The maximum Gasteiger partial charge on any atom is 0.347 e. The molecular formula is C10H7ClN2O2S. The lowest BCUT2D eigenvalue weighted by Gasteiger charge is -2.03. The van der Waals surface area contributed by atoms with Crippen LogP contribution in [0.4, 0.5) is 10.8 Å². The van der Waals surface area contributed by atoms with Crippen molar-refractivity contribution in [3.05, 3.63) is 40.4 Å². The van der Waals surface area contributed by atoms with Gasteiger partial charge in [-0.05, 0) is 12.1 Å². The summed E-state index contributed by atoms with van der Waals surface area (Å²) in [6.45, 7) is 0. The fourth-order valence-electron chi connectivity index (χ4n) is 1.11. The molecule has 0 aliphatic carbocycles. The van der Waals surface area contributed by atoms with Crippen LogP contribution in [0.25, 0.3) is 0 Å². The number of hydrogen-bond acceptors (Lipinski definition) is 4. The van der Waals surface area contributed by atoms with Gasteiger partial charge in [0.05, 0.1) is 16.9 Å². The zero-order chi connectivity index (χ0) is 11.5. The van der Waals surface area contributed by atoms with Crippen molar-refractivity contribution in [2.45, 2.75) is 0 Å². The third-order valence-corrected chi connectivity index (χ3v) is 3.06. The van der Waals surface area contributed by atoms with Gasteiger partial charge in [-0.3, -0.25) is 0 Å². The standard InChI is InChI=1S/C10H7ClN2O2S/c11-6-3-1-2-4-7(6)13-10-12-5-8(16-10)9(14)15/h1-5H,(H,12,13)(H,14,15). The quantitative estimate of drug-likeness (QED) is 0.883. The smallest absolute Gasteiger partial charge is 0.347 e. The number of hydrogen-bond donors (Lipinski definition) is 2. The summed E-state index contributed by atoms with van der Waals surface area (Å²) < 4.78 is 0. The molecule has 1 heterocycles. The fourth-order valence-corrected chi connectivity index (χ4v) is 1.96. The summed E-state index contributed by atoms with van der Waals surface area (Å²) in [7, 11) is 0. The first-order chi connectivity index (χ1) is 7.66. The topological polar surface area (TPSA) is 62.2 Å². The molecule has 4 nitrogen and oxygen atoms in total. The summed E-state index contributed by atoms with van der Waals surface area (Å²) in [5.41, 5.74) is 0.704. The van der Waals surface area contributed by atoms with Gasteiger partial charge in [-0.1, -0.05) is 35.1 Å². The van der Waals surface area contributed by atoms with E-state index in [0.717, 1.165) is 11.3 Å². The average molecular weight is 255 g/mol. The number of rotatable bonds is 3. The molecule has 0 radical (unpaired) electrons. The van der Waals surface area contributed by atoms with Gasteiger partial charge in [0, 0.05) is 0 Å². The lowest BCUT2D eigenvalue weighted by Crippen LogP contribution is -1.90. The highest BCUT2D eigenvalue weighted by Crippen LogP contribution is 2.27. The van der Waals surface area contributed by atoms with Gasteiger partial charge in [0.25, 0.3) is 0 Å². The van der Waals surface area contributed by atoms with E-state index in [2.05, 4.69) is 10.3 Å². The van der Waals surface area contributed by atoms with E-state index in [0.29, 0.717) is 15.8 Å². The summed E-state index contributed by atoms with van der Waals surface area (Å²) >= 11 is 7.01. The molecule has 0 saturated heterocycles. The number of carboxylic acid groups (broad SMARTS) is 1. The van der Waals surface area contributed by atoms with Gasteiger partial charge in [-0.2, -0.15) is 0 Å². The molecule has 1 aromatic carbocycles. The Hall–Kier alpha value is -1.59. The van der Waals surface area contributed by atoms with Crippen LogP contribution in [0.2, 0.25) is 5.02 Å². The van der Waals surface area contributed by atoms with Gasteiger partial charge in [-0.25, -0.2) is 9.78 Å². The molecule has 0 atom stereocenters. The van der Waals surface area contributed by atoms with Crippen molar-refractivity contribution in [1.29, 1.82) is 0 Å². The normalized spacial score (nSPS) is 10.1. The highest BCUT2D eigenvalue weighted by molar-refractivity contribution is 7.17. The molecule has 2 N–H and O–H groups in total. The van der Waals surface area contributed by atoms with E-state index in [1.807, 2.05) is 12.1 Å². The van der Waals surface area contributed by atoms with Crippen molar-refractivity contribution in [3.63, 3.8) is 0 Å². The number of aromatic carboxylic acids is 1. The van der Waals surface area contributed by atoms with Crippen molar-refractivity contribution in [3.8, 4) is 0 Å². The second-order valence-electron chi connectivity index (χ2n) is 2.94. The van der Waals surface area contributed by atoms with Crippen LogP contribution in [0.1, 0.15) is 9.67 Å². The number of benzene rings is 1. The van der Waals surface area contributed by atoms with E-state index < -0.39 is 5.97 Å². The van der Waals surface area contributed by atoms with Gasteiger partial charge < -0.3 is 10.4 Å². The minimum absolute atomic E-state index is 0.189. The number of thiazole rings is 1. The molecule has 0 spiro atoms. The van der Waals surface area contributed by atoms with Gasteiger partial charge >= 0.3 is 5.97 Å². The van der Waals surface area contributed by atoms with Crippen LogP contribution in [0.15, 0.2) is 30.5 Å². The Labute approximate surface area is 101 Å². The molecule has 2 aromatic rings. The number of carboxylic acids is 1. The van der Waals surface area contributed by atoms with Gasteiger partial charge in [0.1, 0.15) is 4.88 Å². The van der Waals surface area contributed by atoms with Crippen LogP contribution >= 0.6 is 22.9 Å². The van der Waals surface area contributed by atoms with Crippen LogP contribution < -0.4 is 5.32 Å². The second kappa shape index (κ2) is 4.51. The number of aromatic nitrogens is 1. The maximum absolute atomic E-state index is 10.7. The highest BCUT2D eigenvalue weighted by Gasteiger charge is 2.09. The number of nitrogens with one attached hydrogen (secondary N) is 1. The lowest BCUT2D eigenvalue weighted by atomic mass is 10.3. The lowest BCUT2D eigenvalue weighted by molar-refractivity contribution is 0.0702. The summed E-state index contributed by atoms with van der Waals surface area (Å²) in [5, 5.41) is 12.8. The van der Waals surface area contributed by atoms with Crippen LogP contribution in [0.5, 0.6) is 0 Å². The molecule has 0 fully saturated rings. The Balaban J connectivity index is 2.21. The van der Waals surface area contributed by atoms with E-state index in [4.69, 9.17) is 16.7 Å². The Morgan fingerprint density at radius 3 is 2.81 bits per heavy atom. The van der Waals surface area contributed by atoms with E-state index >= 15 is 0 Å². The number of anilines is 2. The minimum atomic E-state index is -0.982. The predicted octanol–water partition coefficient (Wildman–Crippen LogP) is 3.24. The SMILES string of the molecule is O=C(O)c1cnc(Nc2ccccc2Cl)s1. The molecular weight excluding hydrogens is 248 g/mol. The van der Waals surface area contributed by atoms with Gasteiger partial charge in [-0.15, -0.1) is 0 Å². The molecule has 1 aromatic heterocycles. The second-order valence-corrected chi connectivity index (χ2v) is 4.38. The number of nitrogens with zero attached hydrogens (tertiary/aromatic N) is 1. The highest BCUT2D eigenvalue weighted by atomic mass is 35.5. The summed E-state index contributed by atoms with van der Waals surface area (Å²) in [6, 6.07) is 7.19. The molecule has 0 saturated carbocycles. The number of carbonyl (C=O) groups is 1. The third kappa shape index (κ3) is 2.32. The number of halogens is 1. The molecule has 2 rings (SSSR count). The number of para-hydroxylation sites is 1. The predicted molar refractivity (Wildman–Crippen MR) is 63.8 cm³/mol. The molecule has 0 aliphatic rings. The molecule has 82 valence electrons. The zero-order valence-electron chi connectivity index (χ0n) is 7.98. The van der Waals surface area contributed by atoms with Crippen LogP contribution in [0, 0.1) is 0 Å². The van der Waals surface area contributed by atoms with Gasteiger partial charge in [0.15, 0.2) is 5.13 Å². The van der Waals surface area contributed by atoms with E-state index in [-0.39, 0.29) is 4.88 Å². The molecule has 16 heavy (non-hydrogen) atoms. The van der Waals surface area contributed by atoms with Crippen LogP contribution in [0.3, 0.4) is 0 Å². The Kier molecular flexibility index (Phi) is 3.07. The fraction of sp³-hybridized carbons (Fsp3) is 0. The summed E-state index contributed by atoms with van der Waals surface area (Å²) in [5.74, 6) is -0.982. The summed E-state index contributed by atoms with van der Waals surface area (Å²) in [4.78, 5) is 14.8. The van der Waals surface area contributed by atoms with E-state index in [1.54, 1.807) is 12.1 Å². The first-order valence-electron chi connectivity index (χ1n) is 4.37. The van der Waals surface area contributed by atoms with E-state index in [1.165, 1.54) is 6.20 Å². The minimum Gasteiger partial charge on any atom is -0.477 e. The largest absolute Gasteiger partial charge is 0.477 e. The monoisotopic (exact) mass is 254 g/mol. The molecule has 0 unspecified atom stereocenters. The van der Waals surface area contributed by atoms with Crippen molar-refractivity contribution < 1.29 is 9.90 Å². The zero-order valence-corrected chi connectivity index (χ0v) is 9.55. The first kappa shape index (κ1) is 10.9. The van der Waals surface area contributed by atoms with Crippen molar-refractivity contribution in [2.24, 2.45) is 0 Å². The maximum atomic E-state index is 10.7. The Bertz CT molecular complexity index is 527. The molecule has 6 heteroatoms. The average Bonchev–Trinajstić information content (AvgIpc) is 2.70. The Morgan fingerprint density at radius 1 is 1.44 bits per heavy atom. The molecule has 0 bridgehead atoms. The molecule has 0 amide bonds. The van der Waals surface area contributed by atoms with Crippen LogP contribution in [-0.2, 0) is 0 Å². The molecule has 0 aliphatic heterocycles. The first-order valence-corrected chi connectivity index (χ1v) is 5.57. The Morgan fingerprint density at radius 2 is 2.19 bits per heavy atom. The van der Waals surface area contributed by atoms with Crippen molar-refractivity contribution in [2.75, 3.05) is 5.32 Å². The van der Waals surface area contributed by atoms with Gasteiger partial charge in [0.2, 0.25) is 0 Å². The van der Waals surface area contributed by atoms with Crippen molar-refractivity contribution in [1.82, 2.24) is 4.98 Å². The third-order valence-electron chi connectivity index (χ3n) is 1.83. The van der Waals surface area contributed by atoms with Crippen LogP contribution in [-0.4, -0.2) is 16.1 Å². The summed E-state index contributed by atoms with van der Waals surface area (Å²) in [6.07, 6.45) is 1.31. The van der Waals surface area contributed by atoms with Crippen molar-refractivity contribution >= 4 is 39.7 Å².